The largest absolute Gasteiger partial charge is 0.378 e. The van der Waals surface area contributed by atoms with E-state index in [0.29, 0.717) is 6.54 Å². The lowest BCUT2D eigenvalue weighted by Gasteiger charge is -2.13. The van der Waals surface area contributed by atoms with Gasteiger partial charge in [0.2, 0.25) is 0 Å². The van der Waals surface area contributed by atoms with Crippen molar-refractivity contribution < 1.29 is 0 Å². The third-order valence-electron chi connectivity index (χ3n) is 3.33. The summed E-state index contributed by atoms with van der Waals surface area (Å²) in [6.45, 7) is 6.35. The molecular weight excluding hydrogens is 252 g/mol. The molecule has 0 N–H and O–H groups in total. The Kier molecular flexibility index (Phi) is 3.97. The van der Waals surface area contributed by atoms with Crippen LogP contribution in [0.5, 0.6) is 0 Å². The van der Waals surface area contributed by atoms with Gasteiger partial charge in [-0.1, -0.05) is 12.1 Å². The molecule has 0 aliphatic carbocycles. The molecule has 0 atom stereocenters. The molecule has 0 saturated heterocycles. The van der Waals surface area contributed by atoms with Crippen molar-refractivity contribution >= 4 is 5.69 Å². The Labute approximate surface area is 119 Å². The fourth-order valence-corrected chi connectivity index (χ4v) is 2.15. The summed E-state index contributed by atoms with van der Waals surface area (Å²) in [5, 5.41) is 4.32. The average Bonchev–Trinajstić information content (AvgIpc) is 2.67. The molecule has 20 heavy (non-hydrogen) atoms. The SMILES string of the molecule is Cc1nn(C(C)C)c(=O)n1Cc1cccc(N(C)C)c1. The molecule has 5 heteroatoms. The summed E-state index contributed by atoms with van der Waals surface area (Å²) in [6, 6.07) is 8.27. The minimum atomic E-state index is -0.0484. The molecule has 0 amide bonds. The lowest BCUT2D eigenvalue weighted by atomic mass is 10.2. The standard InChI is InChI=1S/C15H22N4O/c1-11(2)19-15(20)18(12(3)16-19)10-13-7-6-8-14(9-13)17(4)5/h6-9,11H,10H2,1-5H3. The minimum Gasteiger partial charge on any atom is -0.378 e. The zero-order valence-electron chi connectivity index (χ0n) is 12.8. The second kappa shape index (κ2) is 5.53. The van der Waals surface area contributed by atoms with Gasteiger partial charge in [0, 0.05) is 19.8 Å². The van der Waals surface area contributed by atoms with Crippen LogP contribution in [0.2, 0.25) is 0 Å². The smallest absolute Gasteiger partial charge is 0.346 e. The molecule has 108 valence electrons. The molecule has 2 aromatic rings. The number of nitrogens with zero attached hydrogens (tertiary/aromatic N) is 4. The van der Waals surface area contributed by atoms with Crippen LogP contribution in [0.15, 0.2) is 29.1 Å². The summed E-state index contributed by atoms with van der Waals surface area (Å²) < 4.78 is 3.25. The number of benzene rings is 1. The van der Waals surface area contributed by atoms with E-state index in [1.807, 2.05) is 47.0 Å². The Bertz CT molecular complexity index is 652. The van der Waals surface area contributed by atoms with Gasteiger partial charge in [-0.05, 0) is 38.5 Å². The predicted molar refractivity (Wildman–Crippen MR) is 81.5 cm³/mol. The van der Waals surface area contributed by atoms with E-state index in [0.717, 1.165) is 17.1 Å². The van der Waals surface area contributed by atoms with E-state index >= 15 is 0 Å². The first-order chi connectivity index (χ1) is 9.40. The number of anilines is 1. The third-order valence-corrected chi connectivity index (χ3v) is 3.33. The Morgan fingerprint density at radius 1 is 1.30 bits per heavy atom. The summed E-state index contributed by atoms with van der Waals surface area (Å²) in [7, 11) is 4.01. The first-order valence-electron chi connectivity index (χ1n) is 6.82. The van der Waals surface area contributed by atoms with E-state index in [1.54, 1.807) is 4.57 Å². The quantitative estimate of drug-likeness (QED) is 0.857. The summed E-state index contributed by atoms with van der Waals surface area (Å²) in [5.41, 5.74) is 2.18. The maximum atomic E-state index is 12.3. The molecule has 1 aromatic carbocycles. The lowest BCUT2D eigenvalue weighted by Crippen LogP contribution is -2.26. The van der Waals surface area contributed by atoms with Gasteiger partial charge in [-0.3, -0.25) is 4.57 Å². The van der Waals surface area contributed by atoms with Crippen LogP contribution in [0.4, 0.5) is 5.69 Å². The molecule has 0 saturated carbocycles. The summed E-state index contributed by atoms with van der Waals surface area (Å²) >= 11 is 0. The van der Waals surface area contributed by atoms with E-state index in [4.69, 9.17) is 0 Å². The van der Waals surface area contributed by atoms with Crippen molar-refractivity contribution in [1.82, 2.24) is 14.3 Å². The van der Waals surface area contributed by atoms with Crippen molar-refractivity contribution in [3.05, 3.63) is 46.1 Å². The molecule has 0 spiro atoms. The molecule has 0 unspecified atom stereocenters. The van der Waals surface area contributed by atoms with E-state index in [-0.39, 0.29) is 11.7 Å². The van der Waals surface area contributed by atoms with Gasteiger partial charge in [-0.15, -0.1) is 0 Å². The number of aromatic nitrogens is 3. The monoisotopic (exact) mass is 274 g/mol. The van der Waals surface area contributed by atoms with Gasteiger partial charge in [-0.2, -0.15) is 5.10 Å². The van der Waals surface area contributed by atoms with Crippen LogP contribution in [0.25, 0.3) is 0 Å². The highest BCUT2D eigenvalue weighted by Gasteiger charge is 2.12. The van der Waals surface area contributed by atoms with Crippen LogP contribution in [-0.2, 0) is 6.54 Å². The topological polar surface area (TPSA) is 43.1 Å². The third kappa shape index (κ3) is 2.76. The van der Waals surface area contributed by atoms with Gasteiger partial charge in [0.1, 0.15) is 5.82 Å². The van der Waals surface area contributed by atoms with Crippen LogP contribution in [-0.4, -0.2) is 28.4 Å². The molecule has 0 aliphatic heterocycles. The molecule has 0 bridgehead atoms. The molecule has 0 fully saturated rings. The predicted octanol–water partition coefficient (Wildman–Crippen LogP) is 2.05. The average molecular weight is 274 g/mol. The Balaban J connectivity index is 2.35. The molecule has 0 aliphatic rings. The van der Waals surface area contributed by atoms with Gasteiger partial charge < -0.3 is 4.90 Å². The Morgan fingerprint density at radius 3 is 2.55 bits per heavy atom. The highest BCUT2D eigenvalue weighted by molar-refractivity contribution is 5.47. The molecule has 1 aromatic heterocycles. The summed E-state index contributed by atoms with van der Waals surface area (Å²) in [6.07, 6.45) is 0. The normalized spacial score (nSPS) is 11.1. The highest BCUT2D eigenvalue weighted by Crippen LogP contribution is 2.14. The van der Waals surface area contributed by atoms with Crippen molar-refractivity contribution in [2.24, 2.45) is 0 Å². The maximum Gasteiger partial charge on any atom is 0.346 e. The number of aryl methyl sites for hydroxylation is 1. The van der Waals surface area contributed by atoms with Gasteiger partial charge in [-0.25, -0.2) is 9.48 Å². The highest BCUT2D eigenvalue weighted by atomic mass is 16.2. The Hall–Kier alpha value is -2.04. The zero-order valence-corrected chi connectivity index (χ0v) is 12.8. The van der Waals surface area contributed by atoms with E-state index < -0.39 is 0 Å². The molecule has 2 rings (SSSR count). The van der Waals surface area contributed by atoms with E-state index in [1.165, 1.54) is 4.68 Å². The molecule has 5 nitrogen and oxygen atoms in total. The van der Waals surface area contributed by atoms with Gasteiger partial charge in [0.15, 0.2) is 0 Å². The number of hydrogen-bond acceptors (Lipinski definition) is 3. The van der Waals surface area contributed by atoms with Crippen molar-refractivity contribution in [3.63, 3.8) is 0 Å². The van der Waals surface area contributed by atoms with Crippen molar-refractivity contribution in [3.8, 4) is 0 Å². The van der Waals surface area contributed by atoms with Gasteiger partial charge >= 0.3 is 5.69 Å². The lowest BCUT2D eigenvalue weighted by molar-refractivity contribution is 0.505. The van der Waals surface area contributed by atoms with Gasteiger partial charge in [0.25, 0.3) is 0 Å². The summed E-state index contributed by atoms with van der Waals surface area (Å²) in [5.74, 6) is 0.749. The van der Waals surface area contributed by atoms with Crippen molar-refractivity contribution in [2.75, 3.05) is 19.0 Å². The second-order valence-corrected chi connectivity index (χ2v) is 5.52. The minimum absolute atomic E-state index is 0.0484. The van der Waals surface area contributed by atoms with E-state index in [2.05, 4.69) is 22.1 Å². The first kappa shape index (κ1) is 14.4. The molecule has 1 heterocycles. The zero-order chi connectivity index (χ0) is 14.9. The second-order valence-electron chi connectivity index (χ2n) is 5.52. The fraction of sp³-hybridized carbons (Fsp3) is 0.467. The molecule has 0 radical (unpaired) electrons. The summed E-state index contributed by atoms with van der Waals surface area (Å²) in [4.78, 5) is 14.4. The number of hydrogen-bond donors (Lipinski definition) is 0. The molecular formula is C15H22N4O. The first-order valence-corrected chi connectivity index (χ1v) is 6.82. The van der Waals surface area contributed by atoms with Crippen LogP contribution >= 0.6 is 0 Å². The van der Waals surface area contributed by atoms with Crippen LogP contribution in [0.3, 0.4) is 0 Å². The van der Waals surface area contributed by atoms with Gasteiger partial charge in [0.05, 0.1) is 12.6 Å². The van der Waals surface area contributed by atoms with Crippen LogP contribution in [0.1, 0.15) is 31.3 Å². The number of rotatable bonds is 4. The van der Waals surface area contributed by atoms with Crippen LogP contribution in [0, 0.1) is 6.92 Å². The van der Waals surface area contributed by atoms with Crippen LogP contribution < -0.4 is 10.6 Å². The van der Waals surface area contributed by atoms with Crippen molar-refractivity contribution in [1.29, 1.82) is 0 Å². The fourth-order valence-electron chi connectivity index (χ4n) is 2.15. The van der Waals surface area contributed by atoms with E-state index in [9.17, 15) is 4.79 Å². The maximum absolute atomic E-state index is 12.3. The Morgan fingerprint density at radius 2 is 2.00 bits per heavy atom. The van der Waals surface area contributed by atoms with Crippen molar-refractivity contribution in [2.45, 2.75) is 33.4 Å².